The highest BCUT2D eigenvalue weighted by Crippen LogP contribution is 2.26. The molecule has 4 heteroatoms. The highest BCUT2D eigenvalue weighted by molar-refractivity contribution is 5.94. The molecule has 122 valence electrons. The van der Waals surface area contributed by atoms with Gasteiger partial charge in [0.1, 0.15) is 5.75 Å². The monoisotopic (exact) mass is 305 g/mol. The van der Waals surface area contributed by atoms with E-state index in [1.165, 1.54) is 6.92 Å². The van der Waals surface area contributed by atoms with Gasteiger partial charge >= 0.3 is 0 Å². The van der Waals surface area contributed by atoms with Crippen molar-refractivity contribution in [1.29, 1.82) is 0 Å². The Bertz CT molecular complexity index is 524. The molecule has 4 nitrogen and oxygen atoms in total. The van der Waals surface area contributed by atoms with Crippen LogP contribution in [0.2, 0.25) is 0 Å². The summed E-state index contributed by atoms with van der Waals surface area (Å²) >= 11 is 0. The van der Waals surface area contributed by atoms with E-state index in [9.17, 15) is 9.59 Å². The summed E-state index contributed by atoms with van der Waals surface area (Å²) in [5.41, 5.74) is 0.486. The van der Waals surface area contributed by atoms with Gasteiger partial charge in [-0.25, -0.2) is 0 Å². The third-order valence-corrected chi connectivity index (χ3v) is 3.08. The van der Waals surface area contributed by atoms with E-state index in [1.54, 1.807) is 24.3 Å². The summed E-state index contributed by atoms with van der Waals surface area (Å²) in [6.45, 7) is 11.9. The summed E-state index contributed by atoms with van der Waals surface area (Å²) in [6, 6.07) is 6.78. The van der Waals surface area contributed by atoms with Crippen LogP contribution < -0.4 is 10.1 Å². The Morgan fingerprint density at radius 1 is 1.05 bits per heavy atom. The van der Waals surface area contributed by atoms with Gasteiger partial charge in [-0.2, -0.15) is 0 Å². The van der Waals surface area contributed by atoms with Crippen molar-refractivity contribution < 1.29 is 14.3 Å². The minimum absolute atomic E-state index is 0.00761. The standard InChI is InChI=1S/C18H27NO3/c1-13(20)14-7-9-15(10-8-14)22-11-16(21)19-18(5,6)12-17(2,3)4/h7-10H,11-12H2,1-6H3,(H,19,21). The van der Waals surface area contributed by atoms with Gasteiger partial charge in [0.05, 0.1) is 0 Å². The van der Waals surface area contributed by atoms with E-state index in [-0.39, 0.29) is 29.3 Å². The predicted molar refractivity (Wildman–Crippen MR) is 88.2 cm³/mol. The number of hydrogen-bond acceptors (Lipinski definition) is 3. The Morgan fingerprint density at radius 3 is 2.05 bits per heavy atom. The number of ether oxygens (including phenoxy) is 1. The zero-order chi connectivity index (χ0) is 17.0. The molecule has 1 aromatic rings. The average Bonchev–Trinajstić information content (AvgIpc) is 2.33. The first-order valence-corrected chi connectivity index (χ1v) is 7.53. The van der Waals surface area contributed by atoms with Crippen LogP contribution in [0.25, 0.3) is 0 Å². The number of nitrogens with one attached hydrogen (secondary N) is 1. The molecule has 0 heterocycles. The Kier molecular flexibility index (Phi) is 5.75. The highest BCUT2D eigenvalue weighted by atomic mass is 16.5. The van der Waals surface area contributed by atoms with Crippen LogP contribution in [0.3, 0.4) is 0 Å². The van der Waals surface area contributed by atoms with Crippen molar-refractivity contribution in [1.82, 2.24) is 5.32 Å². The fraction of sp³-hybridized carbons (Fsp3) is 0.556. The third kappa shape index (κ3) is 6.74. The van der Waals surface area contributed by atoms with Crippen molar-refractivity contribution in [3.05, 3.63) is 29.8 Å². The molecule has 0 atom stereocenters. The molecule has 0 aliphatic carbocycles. The summed E-state index contributed by atoms with van der Waals surface area (Å²) in [6.07, 6.45) is 0.874. The van der Waals surface area contributed by atoms with Crippen LogP contribution >= 0.6 is 0 Å². The van der Waals surface area contributed by atoms with Crippen LogP contribution in [-0.4, -0.2) is 23.8 Å². The number of carbonyl (C=O) groups excluding carboxylic acids is 2. The van der Waals surface area contributed by atoms with E-state index < -0.39 is 0 Å². The molecule has 1 amide bonds. The maximum atomic E-state index is 12.0. The Labute approximate surface area is 133 Å². The molecule has 22 heavy (non-hydrogen) atoms. The number of carbonyl (C=O) groups is 2. The first kappa shape index (κ1) is 18.2. The lowest BCUT2D eigenvalue weighted by atomic mass is 9.82. The number of Topliss-reactive ketones (excluding diaryl/α,β-unsaturated/α-hetero) is 1. The second kappa shape index (κ2) is 6.95. The second-order valence-electron chi connectivity index (χ2n) is 7.54. The van der Waals surface area contributed by atoms with Gasteiger partial charge in [0.2, 0.25) is 0 Å². The van der Waals surface area contributed by atoms with Crippen LogP contribution in [0.5, 0.6) is 5.75 Å². The molecule has 0 saturated heterocycles. The van der Waals surface area contributed by atoms with Gasteiger partial charge in [0.15, 0.2) is 12.4 Å². The number of benzene rings is 1. The van der Waals surface area contributed by atoms with Crippen LogP contribution in [0.4, 0.5) is 0 Å². The quantitative estimate of drug-likeness (QED) is 0.817. The van der Waals surface area contributed by atoms with E-state index in [1.807, 2.05) is 13.8 Å². The molecule has 0 fully saturated rings. The maximum absolute atomic E-state index is 12.0. The van der Waals surface area contributed by atoms with E-state index >= 15 is 0 Å². The van der Waals surface area contributed by atoms with Crippen molar-refractivity contribution in [3.8, 4) is 5.75 Å². The summed E-state index contributed by atoms with van der Waals surface area (Å²) in [5.74, 6) is 0.437. The fourth-order valence-electron chi connectivity index (χ4n) is 2.72. The van der Waals surface area contributed by atoms with Gasteiger partial charge < -0.3 is 10.1 Å². The topological polar surface area (TPSA) is 55.4 Å². The van der Waals surface area contributed by atoms with E-state index in [4.69, 9.17) is 4.74 Å². The van der Waals surface area contributed by atoms with Crippen molar-refractivity contribution in [2.75, 3.05) is 6.61 Å². The molecule has 1 aromatic carbocycles. The minimum atomic E-state index is -0.281. The Morgan fingerprint density at radius 2 is 1.59 bits per heavy atom. The van der Waals surface area contributed by atoms with Crippen LogP contribution in [0.15, 0.2) is 24.3 Å². The highest BCUT2D eigenvalue weighted by Gasteiger charge is 2.26. The zero-order valence-electron chi connectivity index (χ0n) is 14.4. The first-order valence-electron chi connectivity index (χ1n) is 7.53. The van der Waals surface area contributed by atoms with Crippen LogP contribution in [-0.2, 0) is 4.79 Å². The summed E-state index contributed by atoms with van der Waals surface area (Å²) in [5, 5.41) is 2.99. The van der Waals surface area contributed by atoms with Crippen molar-refractivity contribution in [2.24, 2.45) is 5.41 Å². The van der Waals surface area contributed by atoms with Gasteiger partial charge in [-0.1, -0.05) is 20.8 Å². The molecule has 0 unspecified atom stereocenters. The molecule has 0 aliphatic heterocycles. The fourth-order valence-corrected chi connectivity index (χ4v) is 2.72. The number of hydrogen-bond donors (Lipinski definition) is 1. The van der Waals surface area contributed by atoms with E-state index in [2.05, 4.69) is 26.1 Å². The summed E-state index contributed by atoms with van der Waals surface area (Å²) < 4.78 is 5.46. The van der Waals surface area contributed by atoms with Gasteiger partial charge in [0.25, 0.3) is 5.91 Å². The maximum Gasteiger partial charge on any atom is 0.258 e. The van der Waals surface area contributed by atoms with Crippen molar-refractivity contribution in [2.45, 2.75) is 53.5 Å². The van der Waals surface area contributed by atoms with Gasteiger partial charge in [-0.15, -0.1) is 0 Å². The molecule has 0 bridgehead atoms. The van der Waals surface area contributed by atoms with Crippen LogP contribution in [0.1, 0.15) is 58.3 Å². The average molecular weight is 305 g/mol. The molecule has 0 radical (unpaired) electrons. The lowest BCUT2D eigenvalue weighted by Gasteiger charge is -2.33. The van der Waals surface area contributed by atoms with E-state index in [0.29, 0.717) is 11.3 Å². The second-order valence-corrected chi connectivity index (χ2v) is 7.54. The molecule has 0 saturated carbocycles. The molecule has 0 aliphatic rings. The van der Waals surface area contributed by atoms with Gasteiger partial charge in [-0.05, 0) is 56.9 Å². The van der Waals surface area contributed by atoms with Crippen molar-refractivity contribution >= 4 is 11.7 Å². The third-order valence-electron chi connectivity index (χ3n) is 3.08. The molecular weight excluding hydrogens is 278 g/mol. The molecule has 0 spiro atoms. The summed E-state index contributed by atoms with van der Waals surface area (Å²) in [7, 11) is 0. The van der Waals surface area contributed by atoms with Crippen molar-refractivity contribution in [3.63, 3.8) is 0 Å². The summed E-state index contributed by atoms with van der Waals surface area (Å²) in [4.78, 5) is 23.2. The minimum Gasteiger partial charge on any atom is -0.484 e. The number of ketones is 1. The largest absolute Gasteiger partial charge is 0.484 e. The lowest BCUT2D eigenvalue weighted by Crippen LogP contribution is -2.47. The lowest BCUT2D eigenvalue weighted by molar-refractivity contribution is -0.125. The molecule has 0 aromatic heterocycles. The SMILES string of the molecule is CC(=O)c1ccc(OCC(=O)NC(C)(C)CC(C)(C)C)cc1. The zero-order valence-corrected chi connectivity index (χ0v) is 14.4. The molecular formula is C18H27NO3. The van der Waals surface area contributed by atoms with E-state index in [0.717, 1.165) is 6.42 Å². The smallest absolute Gasteiger partial charge is 0.258 e. The van der Waals surface area contributed by atoms with Gasteiger partial charge in [0, 0.05) is 11.1 Å². The first-order chi connectivity index (χ1) is 9.98. The predicted octanol–water partition coefficient (Wildman–Crippen LogP) is 3.60. The molecule has 1 rings (SSSR count). The molecule has 1 N–H and O–H groups in total. The Hall–Kier alpha value is -1.84. The number of amides is 1. The normalized spacial score (nSPS) is 11.9. The van der Waals surface area contributed by atoms with Gasteiger partial charge in [-0.3, -0.25) is 9.59 Å². The Balaban J connectivity index is 2.50. The van der Waals surface area contributed by atoms with Crippen LogP contribution in [0, 0.1) is 5.41 Å². The number of rotatable bonds is 6.